The maximum atomic E-state index is 6.04. The Morgan fingerprint density at radius 3 is 2.56 bits per heavy atom. The van der Waals surface area contributed by atoms with Gasteiger partial charge in [0.05, 0.1) is 10.0 Å². The Hall–Kier alpha value is -0.670. The molecule has 0 fully saturated rings. The molecule has 0 radical (unpaired) electrons. The predicted molar refractivity (Wildman–Crippen MR) is 71.3 cm³/mol. The molecule has 1 rings (SSSR count). The largest absolute Gasteiger partial charge is 0.382 e. The molecule has 0 atom stereocenters. The number of nitrogens with one attached hydrogen (secondary N) is 1. The van der Waals surface area contributed by atoms with Crippen LogP contribution in [0.25, 0.3) is 0 Å². The zero-order valence-electron chi connectivity index (χ0n) is 9.77. The van der Waals surface area contributed by atoms with Crippen LogP contribution < -0.4 is 11.1 Å². The standard InChI is InChI=1S/C11H17Cl2N3/c1-4-5-11(2,3)16-10-8(13)6-7(12)9(14)15-10/h6H,4-5H2,1-3H3,(H3,14,15,16). The lowest BCUT2D eigenvalue weighted by Gasteiger charge is -2.27. The first-order valence-corrected chi connectivity index (χ1v) is 6.01. The third-order valence-electron chi connectivity index (χ3n) is 2.29. The summed E-state index contributed by atoms with van der Waals surface area (Å²) in [5.41, 5.74) is 5.58. The molecular weight excluding hydrogens is 245 g/mol. The van der Waals surface area contributed by atoms with E-state index in [1.165, 1.54) is 0 Å². The van der Waals surface area contributed by atoms with E-state index in [4.69, 9.17) is 28.9 Å². The van der Waals surface area contributed by atoms with Crippen LogP contribution in [0.15, 0.2) is 6.07 Å². The second-order valence-electron chi connectivity index (χ2n) is 4.44. The summed E-state index contributed by atoms with van der Waals surface area (Å²) in [6.07, 6.45) is 2.11. The van der Waals surface area contributed by atoms with Gasteiger partial charge >= 0.3 is 0 Å². The first kappa shape index (κ1) is 13.4. The van der Waals surface area contributed by atoms with Gasteiger partial charge in [-0.2, -0.15) is 0 Å². The fraction of sp³-hybridized carbons (Fsp3) is 0.545. The van der Waals surface area contributed by atoms with E-state index in [-0.39, 0.29) is 5.54 Å². The van der Waals surface area contributed by atoms with Crippen molar-refractivity contribution in [2.45, 2.75) is 39.2 Å². The topological polar surface area (TPSA) is 50.9 Å². The van der Waals surface area contributed by atoms with Crippen LogP contribution in [0.5, 0.6) is 0 Å². The highest BCUT2D eigenvalue weighted by Crippen LogP contribution is 2.30. The third-order valence-corrected chi connectivity index (χ3v) is 2.88. The number of halogens is 2. The van der Waals surface area contributed by atoms with Crippen LogP contribution in [0, 0.1) is 0 Å². The van der Waals surface area contributed by atoms with Gasteiger partial charge in [0.2, 0.25) is 0 Å². The molecule has 0 aliphatic heterocycles. The summed E-state index contributed by atoms with van der Waals surface area (Å²) in [5, 5.41) is 4.14. The van der Waals surface area contributed by atoms with Crippen molar-refractivity contribution in [3.63, 3.8) is 0 Å². The van der Waals surface area contributed by atoms with Gasteiger partial charge in [0.1, 0.15) is 11.6 Å². The fourth-order valence-corrected chi connectivity index (χ4v) is 1.98. The zero-order chi connectivity index (χ0) is 12.3. The lowest BCUT2D eigenvalue weighted by atomic mass is 9.99. The van der Waals surface area contributed by atoms with Crippen molar-refractivity contribution in [3.8, 4) is 0 Å². The summed E-state index contributed by atoms with van der Waals surface area (Å²) in [6.45, 7) is 6.33. The first-order valence-electron chi connectivity index (χ1n) is 5.25. The van der Waals surface area contributed by atoms with Crippen LogP contribution >= 0.6 is 23.2 Å². The van der Waals surface area contributed by atoms with E-state index in [1.807, 2.05) is 0 Å². The highest BCUT2D eigenvalue weighted by Gasteiger charge is 2.18. The van der Waals surface area contributed by atoms with Crippen molar-refractivity contribution >= 4 is 34.8 Å². The highest BCUT2D eigenvalue weighted by molar-refractivity contribution is 6.37. The van der Waals surface area contributed by atoms with Crippen LogP contribution in [0.2, 0.25) is 10.0 Å². The van der Waals surface area contributed by atoms with E-state index < -0.39 is 0 Å². The molecule has 90 valence electrons. The summed E-state index contributed by atoms with van der Waals surface area (Å²) >= 11 is 11.9. The van der Waals surface area contributed by atoms with Gasteiger partial charge in [0.15, 0.2) is 0 Å². The number of nitrogens with zero attached hydrogens (tertiary/aromatic N) is 1. The molecule has 5 heteroatoms. The Morgan fingerprint density at radius 1 is 1.38 bits per heavy atom. The second-order valence-corrected chi connectivity index (χ2v) is 5.26. The third kappa shape index (κ3) is 3.42. The van der Waals surface area contributed by atoms with Crippen molar-refractivity contribution in [1.29, 1.82) is 0 Å². The molecule has 1 aromatic heterocycles. The van der Waals surface area contributed by atoms with Gasteiger partial charge in [0, 0.05) is 5.54 Å². The number of aromatic nitrogens is 1. The van der Waals surface area contributed by atoms with E-state index in [9.17, 15) is 0 Å². The minimum absolute atomic E-state index is 0.0638. The highest BCUT2D eigenvalue weighted by atomic mass is 35.5. The molecule has 0 bridgehead atoms. The summed E-state index contributed by atoms with van der Waals surface area (Å²) in [5.74, 6) is 0.878. The number of nitrogens with two attached hydrogens (primary N) is 1. The monoisotopic (exact) mass is 261 g/mol. The van der Waals surface area contributed by atoms with Crippen LogP contribution in [0.3, 0.4) is 0 Å². The van der Waals surface area contributed by atoms with Gasteiger partial charge in [0.25, 0.3) is 0 Å². The molecule has 0 spiro atoms. The van der Waals surface area contributed by atoms with Crippen LogP contribution in [-0.4, -0.2) is 10.5 Å². The maximum absolute atomic E-state index is 6.04. The number of pyridine rings is 1. The number of hydrogen-bond donors (Lipinski definition) is 2. The van der Waals surface area contributed by atoms with Gasteiger partial charge in [-0.15, -0.1) is 0 Å². The van der Waals surface area contributed by atoms with Crippen LogP contribution in [0.4, 0.5) is 11.6 Å². The minimum atomic E-state index is -0.0638. The number of nitrogen functional groups attached to an aromatic ring is 1. The maximum Gasteiger partial charge on any atom is 0.147 e. The van der Waals surface area contributed by atoms with Crippen molar-refractivity contribution in [3.05, 3.63) is 16.1 Å². The van der Waals surface area contributed by atoms with E-state index in [1.54, 1.807) is 6.07 Å². The summed E-state index contributed by atoms with van der Waals surface area (Å²) in [6, 6.07) is 1.61. The smallest absolute Gasteiger partial charge is 0.147 e. The molecule has 16 heavy (non-hydrogen) atoms. The molecule has 1 heterocycles. The number of hydrogen-bond acceptors (Lipinski definition) is 3. The Labute approximate surface area is 106 Å². The van der Waals surface area contributed by atoms with Gasteiger partial charge in [-0.1, -0.05) is 36.5 Å². The Balaban J connectivity index is 2.93. The van der Waals surface area contributed by atoms with Gasteiger partial charge in [-0.25, -0.2) is 4.98 Å². The average molecular weight is 262 g/mol. The molecule has 0 saturated heterocycles. The van der Waals surface area contributed by atoms with E-state index in [2.05, 4.69) is 31.1 Å². The minimum Gasteiger partial charge on any atom is -0.382 e. The van der Waals surface area contributed by atoms with Crippen molar-refractivity contribution < 1.29 is 0 Å². The first-order chi connectivity index (χ1) is 7.35. The molecule has 0 aliphatic carbocycles. The van der Waals surface area contributed by atoms with Gasteiger partial charge in [-0.05, 0) is 26.3 Å². The van der Waals surface area contributed by atoms with E-state index in [0.717, 1.165) is 12.8 Å². The molecule has 3 nitrogen and oxygen atoms in total. The lowest BCUT2D eigenvalue weighted by Crippen LogP contribution is -2.31. The summed E-state index contributed by atoms with van der Waals surface area (Å²) in [4.78, 5) is 4.14. The molecular formula is C11H17Cl2N3. The van der Waals surface area contributed by atoms with Gasteiger partial charge in [-0.3, -0.25) is 0 Å². The van der Waals surface area contributed by atoms with Crippen molar-refractivity contribution in [2.75, 3.05) is 11.1 Å². The SMILES string of the molecule is CCCC(C)(C)Nc1nc(N)c(Cl)cc1Cl. The molecule has 0 aromatic carbocycles. The van der Waals surface area contributed by atoms with E-state index >= 15 is 0 Å². The normalized spacial score (nSPS) is 11.6. The fourth-order valence-electron chi connectivity index (χ4n) is 1.58. The summed E-state index contributed by atoms with van der Waals surface area (Å²) < 4.78 is 0. The second kappa shape index (κ2) is 5.11. The summed E-state index contributed by atoms with van der Waals surface area (Å²) in [7, 11) is 0. The molecule has 0 saturated carbocycles. The lowest BCUT2D eigenvalue weighted by molar-refractivity contribution is 0.509. The molecule has 3 N–H and O–H groups in total. The Bertz CT molecular complexity index is 378. The zero-order valence-corrected chi connectivity index (χ0v) is 11.3. The van der Waals surface area contributed by atoms with Crippen LogP contribution in [-0.2, 0) is 0 Å². The van der Waals surface area contributed by atoms with E-state index in [0.29, 0.717) is 21.7 Å². The molecule has 1 aromatic rings. The molecule has 0 aliphatic rings. The van der Waals surface area contributed by atoms with Gasteiger partial charge < -0.3 is 11.1 Å². The average Bonchev–Trinajstić information content (AvgIpc) is 2.13. The Kier molecular flexibility index (Phi) is 4.28. The predicted octanol–water partition coefficient (Wildman–Crippen LogP) is 3.96. The Morgan fingerprint density at radius 2 is 2.00 bits per heavy atom. The van der Waals surface area contributed by atoms with Crippen molar-refractivity contribution in [1.82, 2.24) is 4.98 Å². The number of anilines is 2. The molecule has 0 amide bonds. The number of rotatable bonds is 4. The van der Waals surface area contributed by atoms with Crippen molar-refractivity contribution in [2.24, 2.45) is 0 Å². The molecule has 0 unspecified atom stereocenters. The quantitative estimate of drug-likeness (QED) is 0.863. The van der Waals surface area contributed by atoms with Crippen LogP contribution in [0.1, 0.15) is 33.6 Å².